The molecule has 3 rings (SSSR count). The van der Waals surface area contributed by atoms with E-state index in [1.54, 1.807) is 7.05 Å². The zero-order valence-electron chi connectivity index (χ0n) is 16.4. The number of nitrogens with zero attached hydrogens (tertiary/aromatic N) is 4. The number of likely N-dealkylation sites (N-methyl/N-ethyl adjacent to an activating group) is 1. The summed E-state index contributed by atoms with van der Waals surface area (Å²) in [5, 5.41) is 7.41. The number of rotatable bonds is 5. The van der Waals surface area contributed by atoms with Gasteiger partial charge in [-0.15, -0.1) is 24.0 Å². The lowest BCUT2D eigenvalue weighted by Gasteiger charge is -2.33. The van der Waals surface area contributed by atoms with Gasteiger partial charge in [0.15, 0.2) is 5.96 Å². The molecule has 0 unspecified atom stereocenters. The minimum absolute atomic E-state index is 0. The van der Waals surface area contributed by atoms with Crippen LogP contribution in [0, 0.1) is 0 Å². The molecular formula is C20H28ClIN6. The van der Waals surface area contributed by atoms with Crippen molar-refractivity contribution in [1.82, 2.24) is 20.5 Å². The van der Waals surface area contributed by atoms with E-state index in [2.05, 4.69) is 43.5 Å². The molecule has 2 aromatic rings. The van der Waals surface area contributed by atoms with E-state index in [4.69, 9.17) is 11.6 Å². The largest absolute Gasteiger partial charge is 0.354 e. The lowest BCUT2D eigenvalue weighted by atomic mass is 10.2. The first-order chi connectivity index (χ1) is 13.2. The second-order valence-electron chi connectivity index (χ2n) is 6.68. The highest BCUT2D eigenvalue weighted by Crippen LogP contribution is 2.15. The monoisotopic (exact) mass is 514 g/mol. The molecule has 152 valence electrons. The Morgan fingerprint density at radius 2 is 1.82 bits per heavy atom. The average Bonchev–Trinajstić information content (AvgIpc) is 2.70. The summed E-state index contributed by atoms with van der Waals surface area (Å²) in [5.74, 6) is 1.79. The van der Waals surface area contributed by atoms with E-state index in [1.807, 2.05) is 36.5 Å². The van der Waals surface area contributed by atoms with Gasteiger partial charge in [0.1, 0.15) is 5.82 Å². The van der Waals surface area contributed by atoms with Crippen LogP contribution in [-0.2, 0) is 13.1 Å². The third kappa shape index (κ3) is 6.49. The zero-order valence-corrected chi connectivity index (χ0v) is 19.4. The summed E-state index contributed by atoms with van der Waals surface area (Å²) in [6, 6.07) is 12.0. The molecule has 1 aromatic heterocycles. The quantitative estimate of drug-likeness (QED) is 0.365. The number of nitrogens with one attached hydrogen (secondary N) is 2. The number of aromatic nitrogens is 1. The number of benzene rings is 1. The highest BCUT2D eigenvalue weighted by molar-refractivity contribution is 14.0. The fraction of sp³-hybridized carbons (Fsp3) is 0.400. The SMILES string of the molecule is CN=C(NCc1ccnc(N2CCN(C)CC2)c1)NCc1ccccc1Cl.I. The molecule has 1 aliphatic heterocycles. The Hall–Kier alpha value is -1.58. The first kappa shape index (κ1) is 22.7. The van der Waals surface area contributed by atoms with Gasteiger partial charge in [-0.2, -0.15) is 0 Å². The van der Waals surface area contributed by atoms with E-state index >= 15 is 0 Å². The molecule has 1 aliphatic rings. The third-order valence-electron chi connectivity index (χ3n) is 4.72. The van der Waals surface area contributed by atoms with E-state index in [0.29, 0.717) is 13.1 Å². The fourth-order valence-electron chi connectivity index (χ4n) is 3.01. The molecule has 0 atom stereocenters. The van der Waals surface area contributed by atoms with Crippen LogP contribution in [0.4, 0.5) is 5.82 Å². The Bertz CT molecular complexity index is 777. The topological polar surface area (TPSA) is 55.8 Å². The Kier molecular flexibility index (Phi) is 9.27. The molecule has 0 radical (unpaired) electrons. The molecule has 1 aromatic carbocycles. The van der Waals surface area contributed by atoms with Gasteiger partial charge < -0.3 is 20.4 Å². The van der Waals surface area contributed by atoms with Crippen molar-refractivity contribution in [2.75, 3.05) is 45.2 Å². The molecular weight excluding hydrogens is 487 g/mol. The van der Waals surface area contributed by atoms with Gasteiger partial charge in [-0.3, -0.25) is 4.99 Å². The van der Waals surface area contributed by atoms with Gasteiger partial charge in [0.2, 0.25) is 0 Å². The van der Waals surface area contributed by atoms with Crippen LogP contribution in [0.1, 0.15) is 11.1 Å². The Balaban J connectivity index is 0.00000280. The molecule has 2 heterocycles. The average molecular weight is 515 g/mol. The predicted octanol–water partition coefficient (Wildman–Crippen LogP) is 2.97. The maximum Gasteiger partial charge on any atom is 0.191 e. The Labute approximate surface area is 189 Å². The van der Waals surface area contributed by atoms with Crippen molar-refractivity contribution in [3.63, 3.8) is 0 Å². The van der Waals surface area contributed by atoms with Gasteiger partial charge in [0.25, 0.3) is 0 Å². The number of anilines is 1. The Morgan fingerprint density at radius 1 is 1.11 bits per heavy atom. The molecule has 2 N–H and O–H groups in total. The second-order valence-corrected chi connectivity index (χ2v) is 7.09. The molecule has 0 spiro atoms. The predicted molar refractivity (Wildman–Crippen MR) is 128 cm³/mol. The number of piperazine rings is 1. The lowest BCUT2D eigenvalue weighted by Crippen LogP contribution is -2.44. The van der Waals surface area contributed by atoms with Gasteiger partial charge in [-0.05, 0) is 36.4 Å². The maximum atomic E-state index is 6.21. The number of hydrogen-bond acceptors (Lipinski definition) is 4. The maximum absolute atomic E-state index is 6.21. The number of halogens is 2. The van der Waals surface area contributed by atoms with Crippen molar-refractivity contribution in [2.45, 2.75) is 13.1 Å². The standard InChI is InChI=1S/C20H27ClN6.HI/c1-22-20(25-15-17-5-3-4-6-18(17)21)24-14-16-7-8-23-19(13-16)27-11-9-26(2)10-12-27;/h3-8,13H,9-12,14-15H2,1-2H3,(H2,22,24,25);1H. The molecule has 0 aliphatic carbocycles. The van der Waals surface area contributed by atoms with Gasteiger partial charge >= 0.3 is 0 Å². The number of aliphatic imine (C=N–C) groups is 1. The molecule has 0 bridgehead atoms. The van der Waals surface area contributed by atoms with Crippen molar-refractivity contribution in [3.05, 3.63) is 58.7 Å². The van der Waals surface area contributed by atoms with Crippen LogP contribution in [0.2, 0.25) is 5.02 Å². The van der Waals surface area contributed by atoms with E-state index < -0.39 is 0 Å². The summed E-state index contributed by atoms with van der Waals surface area (Å²) in [5.41, 5.74) is 2.23. The molecule has 0 saturated carbocycles. The number of hydrogen-bond donors (Lipinski definition) is 2. The van der Waals surface area contributed by atoms with Crippen LogP contribution in [0.3, 0.4) is 0 Å². The van der Waals surface area contributed by atoms with Crippen molar-refractivity contribution >= 4 is 47.4 Å². The van der Waals surface area contributed by atoms with Crippen molar-refractivity contribution in [1.29, 1.82) is 0 Å². The summed E-state index contributed by atoms with van der Waals surface area (Å²) < 4.78 is 0. The fourth-order valence-corrected chi connectivity index (χ4v) is 3.21. The van der Waals surface area contributed by atoms with E-state index in [1.165, 1.54) is 5.56 Å². The van der Waals surface area contributed by atoms with Crippen molar-refractivity contribution in [3.8, 4) is 0 Å². The molecule has 0 amide bonds. The number of guanidine groups is 1. The molecule has 28 heavy (non-hydrogen) atoms. The van der Waals surface area contributed by atoms with E-state index in [-0.39, 0.29) is 24.0 Å². The van der Waals surface area contributed by atoms with Gasteiger partial charge in [0, 0.05) is 57.5 Å². The summed E-state index contributed by atoms with van der Waals surface area (Å²) in [4.78, 5) is 13.5. The summed E-state index contributed by atoms with van der Waals surface area (Å²) in [7, 11) is 3.93. The smallest absolute Gasteiger partial charge is 0.191 e. The van der Waals surface area contributed by atoms with Gasteiger partial charge in [-0.25, -0.2) is 4.98 Å². The van der Waals surface area contributed by atoms with Gasteiger partial charge in [-0.1, -0.05) is 29.8 Å². The van der Waals surface area contributed by atoms with Crippen molar-refractivity contribution in [2.24, 2.45) is 4.99 Å². The van der Waals surface area contributed by atoms with Crippen LogP contribution < -0.4 is 15.5 Å². The molecule has 1 saturated heterocycles. The molecule has 6 nitrogen and oxygen atoms in total. The van der Waals surface area contributed by atoms with Gasteiger partial charge in [0.05, 0.1) is 0 Å². The normalized spacial score (nSPS) is 15.1. The second kappa shape index (κ2) is 11.4. The van der Waals surface area contributed by atoms with Crippen LogP contribution >= 0.6 is 35.6 Å². The van der Waals surface area contributed by atoms with Crippen LogP contribution in [0.5, 0.6) is 0 Å². The summed E-state index contributed by atoms with van der Waals surface area (Å²) in [6.07, 6.45) is 1.88. The Morgan fingerprint density at radius 3 is 2.54 bits per heavy atom. The first-order valence-corrected chi connectivity index (χ1v) is 9.60. The summed E-state index contributed by atoms with van der Waals surface area (Å²) >= 11 is 6.21. The third-order valence-corrected chi connectivity index (χ3v) is 5.09. The first-order valence-electron chi connectivity index (χ1n) is 9.22. The van der Waals surface area contributed by atoms with Crippen LogP contribution in [0.25, 0.3) is 0 Å². The molecule has 8 heteroatoms. The zero-order chi connectivity index (χ0) is 19.1. The summed E-state index contributed by atoms with van der Waals surface area (Å²) in [6.45, 7) is 5.49. The lowest BCUT2D eigenvalue weighted by molar-refractivity contribution is 0.312. The minimum Gasteiger partial charge on any atom is -0.354 e. The van der Waals surface area contributed by atoms with Crippen LogP contribution in [-0.4, -0.2) is 56.1 Å². The highest BCUT2D eigenvalue weighted by Gasteiger charge is 2.15. The number of pyridine rings is 1. The highest BCUT2D eigenvalue weighted by atomic mass is 127. The van der Waals surface area contributed by atoms with Crippen molar-refractivity contribution < 1.29 is 0 Å². The van der Waals surface area contributed by atoms with E-state index in [0.717, 1.165) is 48.5 Å². The van der Waals surface area contributed by atoms with E-state index in [9.17, 15) is 0 Å². The minimum atomic E-state index is 0. The van der Waals surface area contributed by atoms with Crippen LogP contribution in [0.15, 0.2) is 47.6 Å². The molecule has 1 fully saturated rings.